The van der Waals surface area contributed by atoms with Gasteiger partial charge in [-0.1, -0.05) is 13.5 Å². The third kappa shape index (κ3) is 0.821. The first-order valence-electron chi connectivity index (χ1n) is 7.23. The van der Waals surface area contributed by atoms with Crippen molar-refractivity contribution in [2.24, 2.45) is 11.8 Å². The highest BCUT2D eigenvalue weighted by Crippen LogP contribution is 2.76. The number of hydrogen-bond acceptors (Lipinski definition) is 4. The lowest BCUT2D eigenvalue weighted by Crippen LogP contribution is -2.60. The normalized spacial score (nSPS) is 64.5. The minimum Gasteiger partial charge on any atom is -0.455 e. The molecule has 5 aliphatic rings. The van der Waals surface area contributed by atoms with Crippen LogP contribution in [0.5, 0.6) is 0 Å². The second kappa shape index (κ2) is 2.63. The molecule has 4 saturated heterocycles. The van der Waals surface area contributed by atoms with Gasteiger partial charge in [0.15, 0.2) is 5.60 Å². The van der Waals surface area contributed by atoms with Crippen LogP contribution in [0, 0.1) is 11.8 Å². The zero-order chi connectivity index (χ0) is 13.2. The zero-order valence-electron chi connectivity index (χ0n) is 11.3. The molecule has 7 atom stereocenters. The molecule has 102 valence electrons. The lowest BCUT2D eigenvalue weighted by molar-refractivity contribution is -0.198. The number of carbonyl (C=O) groups excluding carboxylic acids is 1. The highest BCUT2D eigenvalue weighted by Gasteiger charge is 2.91. The van der Waals surface area contributed by atoms with Crippen LogP contribution in [0.25, 0.3) is 0 Å². The summed E-state index contributed by atoms with van der Waals surface area (Å²) < 4.78 is 18.3. The number of carbonyl (C=O) groups is 1. The molecular weight excluding hydrogens is 244 g/mol. The summed E-state index contributed by atoms with van der Waals surface area (Å²) in [6.45, 7) is 8.33. The van der Waals surface area contributed by atoms with E-state index in [2.05, 4.69) is 20.4 Å². The van der Waals surface area contributed by atoms with Gasteiger partial charge in [0.25, 0.3) is 0 Å². The quantitative estimate of drug-likeness (QED) is 0.378. The van der Waals surface area contributed by atoms with Crippen LogP contribution in [0.1, 0.15) is 33.1 Å². The minimum absolute atomic E-state index is 0.00880. The molecule has 0 amide bonds. The lowest BCUT2D eigenvalue weighted by Gasteiger charge is -2.44. The fraction of sp³-hybridized carbons (Fsp3) is 0.800. The van der Waals surface area contributed by atoms with E-state index >= 15 is 0 Å². The van der Waals surface area contributed by atoms with E-state index in [1.54, 1.807) is 0 Å². The molecule has 0 aromatic rings. The smallest absolute Gasteiger partial charge is 0.334 e. The van der Waals surface area contributed by atoms with Gasteiger partial charge in [0.2, 0.25) is 0 Å². The van der Waals surface area contributed by atoms with Gasteiger partial charge < -0.3 is 14.2 Å². The largest absolute Gasteiger partial charge is 0.455 e. The van der Waals surface area contributed by atoms with Gasteiger partial charge in [-0.15, -0.1) is 0 Å². The maximum absolute atomic E-state index is 11.9. The number of hydrogen-bond donors (Lipinski definition) is 0. The third-order valence-corrected chi connectivity index (χ3v) is 6.50. The van der Waals surface area contributed by atoms with Gasteiger partial charge in [-0.05, 0) is 32.1 Å². The Morgan fingerprint density at radius 3 is 2.89 bits per heavy atom. The maximum Gasteiger partial charge on any atom is 0.334 e. The Morgan fingerprint density at radius 1 is 1.37 bits per heavy atom. The van der Waals surface area contributed by atoms with Crippen molar-refractivity contribution < 1.29 is 19.0 Å². The van der Waals surface area contributed by atoms with Crippen LogP contribution in [0.3, 0.4) is 0 Å². The molecule has 4 aliphatic heterocycles. The monoisotopic (exact) mass is 262 g/mol. The number of esters is 1. The zero-order valence-corrected chi connectivity index (χ0v) is 11.3. The Bertz CT molecular complexity index is 542. The standard InChI is InChI=1S/C15H18O4/c1-7-6-9-10-8(2)12(16)17-11(10)15-13(3,19-15)4-5-14(7,15)18-9/h7,9-11H,2,4-6H2,1,3H3. The summed E-state index contributed by atoms with van der Waals surface area (Å²) in [5, 5.41) is 0. The first-order chi connectivity index (χ1) is 8.95. The van der Waals surface area contributed by atoms with Crippen LogP contribution in [0.2, 0.25) is 0 Å². The van der Waals surface area contributed by atoms with Crippen LogP contribution in [0.15, 0.2) is 12.2 Å². The molecule has 2 bridgehead atoms. The van der Waals surface area contributed by atoms with E-state index in [0.717, 1.165) is 19.3 Å². The molecule has 7 unspecified atom stereocenters. The SMILES string of the molecule is C=C1C(=O)OC2C1C1CC(C)C3(CCC4(C)OC243)O1. The van der Waals surface area contributed by atoms with Crippen molar-refractivity contribution in [3.8, 4) is 0 Å². The topological polar surface area (TPSA) is 48.1 Å². The van der Waals surface area contributed by atoms with Crippen molar-refractivity contribution in [3.63, 3.8) is 0 Å². The van der Waals surface area contributed by atoms with E-state index in [1.807, 2.05) is 0 Å². The van der Waals surface area contributed by atoms with Crippen molar-refractivity contribution in [1.29, 1.82) is 0 Å². The summed E-state index contributed by atoms with van der Waals surface area (Å²) >= 11 is 0. The summed E-state index contributed by atoms with van der Waals surface area (Å²) in [5.41, 5.74) is -0.244. The van der Waals surface area contributed by atoms with Crippen molar-refractivity contribution in [2.45, 2.75) is 62.1 Å². The highest BCUT2D eigenvalue weighted by molar-refractivity contribution is 5.91. The number of fused-ring (bicyclic) bond motifs is 3. The summed E-state index contributed by atoms with van der Waals surface area (Å²) in [6, 6.07) is 0. The molecule has 0 aromatic heterocycles. The molecule has 0 aromatic carbocycles. The highest BCUT2D eigenvalue weighted by atomic mass is 16.7. The van der Waals surface area contributed by atoms with Gasteiger partial charge in [0.1, 0.15) is 17.3 Å². The Balaban J connectivity index is 1.74. The Labute approximate surface area is 112 Å². The summed E-state index contributed by atoms with van der Waals surface area (Å²) in [7, 11) is 0. The van der Waals surface area contributed by atoms with E-state index in [4.69, 9.17) is 14.2 Å². The Morgan fingerprint density at radius 2 is 2.16 bits per heavy atom. The van der Waals surface area contributed by atoms with Crippen molar-refractivity contribution >= 4 is 5.97 Å². The maximum atomic E-state index is 11.9. The fourth-order valence-electron chi connectivity index (χ4n) is 5.60. The van der Waals surface area contributed by atoms with Crippen LogP contribution in [-0.2, 0) is 19.0 Å². The Kier molecular flexibility index (Phi) is 1.51. The molecule has 1 saturated carbocycles. The summed E-state index contributed by atoms with van der Waals surface area (Å²) in [6.07, 6.45) is 2.91. The second-order valence-corrected chi connectivity index (χ2v) is 7.13. The average Bonchev–Trinajstić information content (AvgIpc) is 2.60. The predicted molar refractivity (Wildman–Crippen MR) is 65.4 cm³/mol. The summed E-state index contributed by atoms with van der Waals surface area (Å²) in [4.78, 5) is 11.9. The fourth-order valence-corrected chi connectivity index (χ4v) is 5.60. The van der Waals surface area contributed by atoms with E-state index in [0.29, 0.717) is 11.5 Å². The first kappa shape index (κ1) is 10.9. The van der Waals surface area contributed by atoms with Crippen LogP contribution in [0.4, 0.5) is 0 Å². The van der Waals surface area contributed by atoms with Crippen LogP contribution >= 0.6 is 0 Å². The second-order valence-electron chi connectivity index (χ2n) is 7.13. The molecule has 2 spiro atoms. The van der Waals surface area contributed by atoms with Crippen molar-refractivity contribution in [3.05, 3.63) is 12.2 Å². The van der Waals surface area contributed by atoms with E-state index in [1.165, 1.54) is 0 Å². The predicted octanol–water partition coefficient (Wildman–Crippen LogP) is 1.58. The third-order valence-electron chi connectivity index (χ3n) is 6.50. The number of rotatable bonds is 0. The first-order valence-corrected chi connectivity index (χ1v) is 7.23. The molecular formula is C15H18O4. The van der Waals surface area contributed by atoms with Crippen LogP contribution < -0.4 is 0 Å². The minimum atomic E-state index is -0.411. The van der Waals surface area contributed by atoms with Gasteiger partial charge >= 0.3 is 5.97 Å². The van der Waals surface area contributed by atoms with Gasteiger partial charge in [0, 0.05) is 5.57 Å². The number of ether oxygens (including phenoxy) is 3. The molecule has 4 nitrogen and oxygen atoms in total. The van der Waals surface area contributed by atoms with Crippen molar-refractivity contribution in [1.82, 2.24) is 0 Å². The summed E-state index contributed by atoms with van der Waals surface area (Å²) in [5.74, 6) is 0.192. The van der Waals surface area contributed by atoms with Gasteiger partial charge in [-0.2, -0.15) is 0 Å². The van der Waals surface area contributed by atoms with Crippen LogP contribution in [-0.4, -0.2) is 35.0 Å². The molecule has 19 heavy (non-hydrogen) atoms. The van der Waals surface area contributed by atoms with Gasteiger partial charge in [-0.25, -0.2) is 4.79 Å². The Hall–Kier alpha value is -0.870. The van der Waals surface area contributed by atoms with Gasteiger partial charge in [-0.3, -0.25) is 0 Å². The van der Waals surface area contributed by atoms with E-state index in [9.17, 15) is 4.79 Å². The molecule has 0 N–H and O–H groups in total. The van der Waals surface area contributed by atoms with Crippen molar-refractivity contribution in [2.75, 3.05) is 0 Å². The van der Waals surface area contributed by atoms with E-state index < -0.39 is 5.60 Å². The lowest BCUT2D eigenvalue weighted by atomic mass is 9.72. The molecule has 0 radical (unpaired) electrons. The molecule has 4 heteroatoms. The molecule has 4 heterocycles. The molecule has 1 aliphatic carbocycles. The van der Waals surface area contributed by atoms with Gasteiger partial charge in [0.05, 0.1) is 12.0 Å². The average molecular weight is 262 g/mol. The molecule has 5 fully saturated rings. The molecule has 5 rings (SSSR count). The van der Waals surface area contributed by atoms with E-state index in [-0.39, 0.29) is 35.3 Å². The number of epoxide rings is 1.